The standard InChI is InChI=1S/C20H17F2NO4/c1-12(14-4-7-16(21)17(22)9-14)23(2)19(24)11-26-15-6-3-13-5-8-20(25)27-18(13)10-15/h3-10,12H,11H2,1-2H3. The lowest BCUT2D eigenvalue weighted by molar-refractivity contribution is -0.134. The molecule has 0 fully saturated rings. The van der Waals surface area contributed by atoms with Crippen molar-refractivity contribution >= 4 is 16.9 Å². The fourth-order valence-corrected chi connectivity index (χ4v) is 2.59. The summed E-state index contributed by atoms with van der Waals surface area (Å²) in [5.41, 5.74) is 0.351. The van der Waals surface area contributed by atoms with Crippen LogP contribution in [0.25, 0.3) is 11.0 Å². The lowest BCUT2D eigenvalue weighted by atomic mass is 10.1. The molecule has 0 spiro atoms. The van der Waals surface area contributed by atoms with Crippen molar-refractivity contribution in [2.45, 2.75) is 13.0 Å². The summed E-state index contributed by atoms with van der Waals surface area (Å²) in [6.07, 6.45) is 0. The van der Waals surface area contributed by atoms with Crippen LogP contribution in [0.15, 0.2) is 57.7 Å². The number of ether oxygens (including phenoxy) is 1. The number of hydrogen-bond donors (Lipinski definition) is 0. The van der Waals surface area contributed by atoms with E-state index < -0.39 is 23.3 Å². The van der Waals surface area contributed by atoms with E-state index in [2.05, 4.69) is 0 Å². The van der Waals surface area contributed by atoms with Gasteiger partial charge in [0.15, 0.2) is 18.2 Å². The molecule has 1 aromatic heterocycles. The fraction of sp³-hybridized carbons (Fsp3) is 0.200. The number of likely N-dealkylation sites (N-methyl/N-ethyl adjacent to an activating group) is 1. The molecule has 7 heteroatoms. The Labute approximate surface area is 153 Å². The molecule has 0 saturated carbocycles. The molecular weight excluding hydrogens is 356 g/mol. The first kappa shape index (κ1) is 18.6. The number of carbonyl (C=O) groups excluding carboxylic acids is 1. The van der Waals surface area contributed by atoms with E-state index in [1.807, 2.05) is 0 Å². The maximum absolute atomic E-state index is 13.4. The SMILES string of the molecule is CC(c1ccc(F)c(F)c1)N(C)C(=O)COc1ccc2ccc(=O)oc2c1. The molecular formula is C20H17F2NO4. The highest BCUT2D eigenvalue weighted by atomic mass is 19.2. The first-order valence-corrected chi connectivity index (χ1v) is 8.22. The van der Waals surface area contributed by atoms with Gasteiger partial charge in [-0.2, -0.15) is 0 Å². The van der Waals surface area contributed by atoms with Crippen molar-refractivity contribution < 1.29 is 22.7 Å². The zero-order valence-corrected chi connectivity index (χ0v) is 14.7. The minimum Gasteiger partial charge on any atom is -0.484 e. The van der Waals surface area contributed by atoms with Gasteiger partial charge in [-0.15, -0.1) is 0 Å². The normalized spacial score (nSPS) is 12.0. The van der Waals surface area contributed by atoms with Crippen LogP contribution in [-0.4, -0.2) is 24.5 Å². The molecule has 0 radical (unpaired) electrons. The number of hydrogen-bond acceptors (Lipinski definition) is 4. The zero-order valence-electron chi connectivity index (χ0n) is 14.7. The number of rotatable bonds is 5. The molecule has 3 aromatic rings. The Kier molecular flexibility index (Phi) is 5.21. The lowest BCUT2D eigenvalue weighted by Gasteiger charge is -2.25. The summed E-state index contributed by atoms with van der Waals surface area (Å²) in [7, 11) is 1.55. The molecule has 1 atom stereocenters. The zero-order chi connectivity index (χ0) is 19.6. The van der Waals surface area contributed by atoms with Crippen LogP contribution in [-0.2, 0) is 4.79 Å². The average molecular weight is 373 g/mol. The van der Waals surface area contributed by atoms with Gasteiger partial charge in [-0.25, -0.2) is 13.6 Å². The van der Waals surface area contributed by atoms with Crippen LogP contribution >= 0.6 is 0 Å². The number of fused-ring (bicyclic) bond motifs is 1. The molecule has 0 bridgehead atoms. The molecule has 3 rings (SSSR count). The predicted octanol–water partition coefficient (Wildman–Crippen LogP) is 3.67. The summed E-state index contributed by atoms with van der Waals surface area (Å²) in [5.74, 6) is -1.87. The monoisotopic (exact) mass is 373 g/mol. The van der Waals surface area contributed by atoms with E-state index in [1.165, 1.54) is 23.1 Å². The van der Waals surface area contributed by atoms with E-state index in [1.54, 1.807) is 32.2 Å². The first-order valence-electron chi connectivity index (χ1n) is 8.22. The van der Waals surface area contributed by atoms with Gasteiger partial charge < -0.3 is 14.1 Å². The van der Waals surface area contributed by atoms with Crippen molar-refractivity contribution in [3.8, 4) is 5.75 Å². The van der Waals surface area contributed by atoms with Crippen LogP contribution < -0.4 is 10.4 Å². The van der Waals surface area contributed by atoms with Crippen molar-refractivity contribution in [1.29, 1.82) is 0 Å². The Bertz CT molecular complexity index is 1050. The first-order chi connectivity index (χ1) is 12.8. The van der Waals surface area contributed by atoms with E-state index >= 15 is 0 Å². The molecule has 0 saturated heterocycles. The summed E-state index contributed by atoms with van der Waals surface area (Å²) in [4.78, 5) is 25.0. The van der Waals surface area contributed by atoms with Crippen LogP contribution in [0.1, 0.15) is 18.5 Å². The molecule has 1 heterocycles. The lowest BCUT2D eigenvalue weighted by Crippen LogP contribution is -2.33. The third-order valence-corrected chi connectivity index (χ3v) is 4.36. The molecule has 1 amide bonds. The highest BCUT2D eigenvalue weighted by Gasteiger charge is 2.19. The topological polar surface area (TPSA) is 59.8 Å². The molecule has 0 aliphatic heterocycles. The van der Waals surface area contributed by atoms with Crippen molar-refractivity contribution in [3.05, 3.63) is 76.1 Å². The van der Waals surface area contributed by atoms with Crippen molar-refractivity contribution in [2.75, 3.05) is 13.7 Å². The van der Waals surface area contributed by atoms with Crippen LogP contribution in [0.3, 0.4) is 0 Å². The molecule has 2 aromatic carbocycles. The summed E-state index contributed by atoms with van der Waals surface area (Å²) < 4.78 is 37.0. The molecule has 140 valence electrons. The Morgan fingerprint density at radius 1 is 1.11 bits per heavy atom. The molecule has 1 unspecified atom stereocenters. The van der Waals surface area contributed by atoms with Gasteiger partial charge in [-0.05, 0) is 42.8 Å². The van der Waals surface area contributed by atoms with Crippen LogP contribution in [0, 0.1) is 11.6 Å². The van der Waals surface area contributed by atoms with Gasteiger partial charge in [0.25, 0.3) is 5.91 Å². The Balaban J connectivity index is 1.67. The minimum atomic E-state index is -0.964. The van der Waals surface area contributed by atoms with Crippen LogP contribution in [0.5, 0.6) is 5.75 Å². The van der Waals surface area contributed by atoms with Crippen molar-refractivity contribution in [2.24, 2.45) is 0 Å². The molecule has 0 aliphatic rings. The third kappa shape index (κ3) is 4.13. The molecule has 5 nitrogen and oxygen atoms in total. The molecule has 0 N–H and O–H groups in total. The minimum absolute atomic E-state index is 0.257. The predicted molar refractivity (Wildman–Crippen MR) is 95.5 cm³/mol. The number of nitrogens with zero attached hydrogens (tertiary/aromatic N) is 1. The summed E-state index contributed by atoms with van der Waals surface area (Å²) >= 11 is 0. The Morgan fingerprint density at radius 3 is 2.59 bits per heavy atom. The molecule has 0 aliphatic carbocycles. The van der Waals surface area contributed by atoms with Gasteiger partial charge in [0, 0.05) is 24.6 Å². The van der Waals surface area contributed by atoms with E-state index in [0.29, 0.717) is 16.9 Å². The second-order valence-electron chi connectivity index (χ2n) is 6.10. The summed E-state index contributed by atoms with van der Waals surface area (Å²) in [6.45, 7) is 1.45. The van der Waals surface area contributed by atoms with Gasteiger partial charge in [0.05, 0.1) is 6.04 Å². The smallest absolute Gasteiger partial charge is 0.336 e. The second-order valence-corrected chi connectivity index (χ2v) is 6.10. The number of carbonyl (C=O) groups is 1. The number of halogens is 2. The maximum Gasteiger partial charge on any atom is 0.336 e. The van der Waals surface area contributed by atoms with E-state index in [-0.39, 0.29) is 12.5 Å². The average Bonchev–Trinajstić information content (AvgIpc) is 2.66. The van der Waals surface area contributed by atoms with E-state index in [4.69, 9.17) is 9.15 Å². The van der Waals surface area contributed by atoms with E-state index in [9.17, 15) is 18.4 Å². The van der Waals surface area contributed by atoms with Gasteiger partial charge in [0.1, 0.15) is 11.3 Å². The van der Waals surface area contributed by atoms with Crippen molar-refractivity contribution in [3.63, 3.8) is 0 Å². The quantitative estimate of drug-likeness (QED) is 0.641. The van der Waals surface area contributed by atoms with E-state index in [0.717, 1.165) is 17.5 Å². The third-order valence-electron chi connectivity index (χ3n) is 4.36. The fourth-order valence-electron chi connectivity index (χ4n) is 2.59. The highest BCUT2D eigenvalue weighted by molar-refractivity contribution is 5.79. The van der Waals surface area contributed by atoms with Crippen LogP contribution in [0.2, 0.25) is 0 Å². The van der Waals surface area contributed by atoms with Crippen molar-refractivity contribution in [1.82, 2.24) is 4.90 Å². The van der Waals surface area contributed by atoms with Gasteiger partial charge in [0.2, 0.25) is 0 Å². The summed E-state index contributed by atoms with van der Waals surface area (Å²) in [5, 5.41) is 0.734. The number of benzene rings is 2. The summed E-state index contributed by atoms with van der Waals surface area (Å²) in [6, 6.07) is 10.9. The van der Waals surface area contributed by atoms with Gasteiger partial charge >= 0.3 is 5.63 Å². The largest absolute Gasteiger partial charge is 0.484 e. The van der Waals surface area contributed by atoms with Gasteiger partial charge in [-0.3, -0.25) is 4.79 Å². The second kappa shape index (κ2) is 7.57. The molecule has 27 heavy (non-hydrogen) atoms. The van der Waals surface area contributed by atoms with Gasteiger partial charge in [-0.1, -0.05) is 6.07 Å². The maximum atomic E-state index is 13.4. The highest BCUT2D eigenvalue weighted by Crippen LogP contribution is 2.22. The Morgan fingerprint density at radius 2 is 1.85 bits per heavy atom. The van der Waals surface area contributed by atoms with Crippen LogP contribution in [0.4, 0.5) is 8.78 Å². The number of amides is 1. The Hall–Kier alpha value is -3.22.